The van der Waals surface area contributed by atoms with Crippen molar-refractivity contribution in [1.82, 2.24) is 9.97 Å². The van der Waals surface area contributed by atoms with Crippen molar-refractivity contribution in [3.8, 4) is 0 Å². The molecule has 0 aliphatic heterocycles. The molecule has 3 nitrogen and oxygen atoms in total. The number of aromatic nitrogens is 2. The van der Waals surface area contributed by atoms with Crippen LogP contribution in [0.2, 0.25) is 5.15 Å². The lowest BCUT2D eigenvalue weighted by molar-refractivity contribution is 0.179. The van der Waals surface area contributed by atoms with E-state index in [1.807, 2.05) is 6.92 Å². The fraction of sp³-hybridized carbons (Fsp3) is 0.714. The Morgan fingerprint density at radius 1 is 1.33 bits per heavy atom. The molecule has 3 rings (SSSR count). The van der Waals surface area contributed by atoms with E-state index in [1.165, 1.54) is 32.1 Å². The lowest BCUT2D eigenvalue weighted by Gasteiger charge is -2.38. The van der Waals surface area contributed by atoms with Gasteiger partial charge in [0.2, 0.25) is 0 Å². The SMILES string of the molecule is Cc1c(Cl)nc(C2CC2)nc1NCC1(C)CCC1. The van der Waals surface area contributed by atoms with Gasteiger partial charge in [-0.25, -0.2) is 9.97 Å². The molecule has 2 fully saturated rings. The quantitative estimate of drug-likeness (QED) is 0.839. The van der Waals surface area contributed by atoms with E-state index in [9.17, 15) is 0 Å². The van der Waals surface area contributed by atoms with Crippen LogP contribution in [0.15, 0.2) is 0 Å². The minimum absolute atomic E-state index is 0.448. The fourth-order valence-electron chi connectivity index (χ4n) is 2.46. The summed E-state index contributed by atoms with van der Waals surface area (Å²) in [4.78, 5) is 9.04. The summed E-state index contributed by atoms with van der Waals surface area (Å²) in [6, 6.07) is 0. The first-order valence-electron chi connectivity index (χ1n) is 6.85. The first-order valence-corrected chi connectivity index (χ1v) is 7.23. The molecule has 0 unspecified atom stereocenters. The average molecular weight is 266 g/mol. The Morgan fingerprint density at radius 3 is 2.61 bits per heavy atom. The highest BCUT2D eigenvalue weighted by Crippen LogP contribution is 2.41. The van der Waals surface area contributed by atoms with Crippen molar-refractivity contribution >= 4 is 17.4 Å². The van der Waals surface area contributed by atoms with E-state index in [2.05, 4.69) is 22.2 Å². The molecule has 18 heavy (non-hydrogen) atoms. The van der Waals surface area contributed by atoms with Crippen molar-refractivity contribution < 1.29 is 0 Å². The van der Waals surface area contributed by atoms with Gasteiger partial charge in [0.05, 0.1) is 0 Å². The van der Waals surface area contributed by atoms with E-state index in [0.29, 0.717) is 16.5 Å². The normalized spacial score (nSPS) is 21.5. The topological polar surface area (TPSA) is 37.8 Å². The van der Waals surface area contributed by atoms with E-state index < -0.39 is 0 Å². The van der Waals surface area contributed by atoms with Gasteiger partial charge in [-0.3, -0.25) is 0 Å². The monoisotopic (exact) mass is 265 g/mol. The van der Waals surface area contributed by atoms with Gasteiger partial charge in [-0.2, -0.15) is 0 Å². The minimum Gasteiger partial charge on any atom is -0.369 e. The highest BCUT2D eigenvalue weighted by atomic mass is 35.5. The van der Waals surface area contributed by atoms with E-state index in [1.54, 1.807) is 0 Å². The Hall–Kier alpha value is -0.830. The van der Waals surface area contributed by atoms with Crippen molar-refractivity contribution in [2.75, 3.05) is 11.9 Å². The van der Waals surface area contributed by atoms with Crippen LogP contribution in [0.25, 0.3) is 0 Å². The summed E-state index contributed by atoms with van der Waals surface area (Å²) in [6.45, 7) is 5.32. The van der Waals surface area contributed by atoms with Gasteiger partial charge in [0.15, 0.2) is 0 Å². The smallest absolute Gasteiger partial charge is 0.137 e. The molecule has 0 saturated heterocycles. The molecule has 1 aromatic rings. The van der Waals surface area contributed by atoms with Crippen molar-refractivity contribution in [3.05, 3.63) is 16.5 Å². The standard InChI is InChI=1S/C14H20ClN3/c1-9-11(15)17-13(10-4-5-10)18-12(9)16-8-14(2)6-3-7-14/h10H,3-8H2,1-2H3,(H,16,17,18). The highest BCUT2D eigenvalue weighted by molar-refractivity contribution is 6.30. The maximum Gasteiger partial charge on any atom is 0.137 e. The second kappa shape index (κ2) is 4.37. The van der Waals surface area contributed by atoms with Crippen molar-refractivity contribution in [3.63, 3.8) is 0 Å². The van der Waals surface area contributed by atoms with Crippen LogP contribution < -0.4 is 5.32 Å². The maximum atomic E-state index is 6.20. The first-order chi connectivity index (χ1) is 8.57. The largest absolute Gasteiger partial charge is 0.369 e. The molecule has 1 N–H and O–H groups in total. The van der Waals surface area contributed by atoms with Gasteiger partial charge < -0.3 is 5.32 Å². The summed E-state index contributed by atoms with van der Waals surface area (Å²) in [5.41, 5.74) is 1.42. The third kappa shape index (κ3) is 2.33. The zero-order valence-electron chi connectivity index (χ0n) is 11.1. The summed E-state index contributed by atoms with van der Waals surface area (Å²) >= 11 is 6.20. The molecule has 2 aliphatic rings. The van der Waals surface area contributed by atoms with Crippen molar-refractivity contribution in [2.24, 2.45) is 5.41 Å². The molecule has 2 saturated carbocycles. The van der Waals surface area contributed by atoms with Crippen LogP contribution in [0.3, 0.4) is 0 Å². The molecule has 0 bridgehead atoms. The Morgan fingerprint density at radius 2 is 2.06 bits per heavy atom. The van der Waals surface area contributed by atoms with Crippen LogP contribution in [-0.4, -0.2) is 16.5 Å². The van der Waals surface area contributed by atoms with Crippen LogP contribution in [0.5, 0.6) is 0 Å². The second-order valence-electron chi connectivity index (χ2n) is 6.14. The van der Waals surface area contributed by atoms with Crippen molar-refractivity contribution in [2.45, 2.75) is 51.9 Å². The van der Waals surface area contributed by atoms with E-state index in [-0.39, 0.29) is 0 Å². The molecule has 1 aromatic heterocycles. The van der Waals surface area contributed by atoms with E-state index in [4.69, 9.17) is 11.6 Å². The van der Waals surface area contributed by atoms with Crippen LogP contribution >= 0.6 is 11.6 Å². The van der Waals surface area contributed by atoms with Crippen LogP contribution in [0, 0.1) is 12.3 Å². The molecule has 98 valence electrons. The van der Waals surface area contributed by atoms with Crippen LogP contribution in [-0.2, 0) is 0 Å². The molecule has 0 amide bonds. The third-order valence-corrected chi connectivity index (χ3v) is 4.66. The van der Waals surface area contributed by atoms with Gasteiger partial charge in [-0.05, 0) is 38.0 Å². The maximum absolute atomic E-state index is 6.20. The zero-order valence-corrected chi connectivity index (χ0v) is 11.8. The number of nitrogens with one attached hydrogen (secondary N) is 1. The predicted octanol–water partition coefficient (Wildman–Crippen LogP) is 3.92. The molecule has 2 aliphatic carbocycles. The number of nitrogens with zero attached hydrogens (tertiary/aromatic N) is 2. The molecule has 0 spiro atoms. The minimum atomic E-state index is 0.448. The van der Waals surface area contributed by atoms with E-state index >= 15 is 0 Å². The third-order valence-electron chi connectivity index (χ3n) is 4.29. The lowest BCUT2D eigenvalue weighted by atomic mass is 9.70. The van der Waals surface area contributed by atoms with E-state index in [0.717, 1.165) is 23.8 Å². The molecule has 1 heterocycles. The summed E-state index contributed by atoms with van der Waals surface area (Å²) in [6.07, 6.45) is 6.39. The first kappa shape index (κ1) is 12.2. The van der Waals surface area contributed by atoms with Gasteiger partial charge in [0.1, 0.15) is 16.8 Å². The van der Waals surface area contributed by atoms with Gasteiger partial charge in [0, 0.05) is 18.0 Å². The number of halogens is 1. The Labute approximate surface area is 113 Å². The molecule has 0 atom stereocenters. The molecular formula is C14H20ClN3. The highest BCUT2D eigenvalue weighted by Gasteiger charge is 2.32. The Kier molecular flexibility index (Phi) is 2.97. The summed E-state index contributed by atoms with van der Waals surface area (Å²) < 4.78 is 0. The predicted molar refractivity (Wildman–Crippen MR) is 74.2 cm³/mol. The van der Waals surface area contributed by atoms with Gasteiger partial charge in [-0.1, -0.05) is 24.9 Å². The van der Waals surface area contributed by atoms with Gasteiger partial charge in [0.25, 0.3) is 0 Å². The average Bonchev–Trinajstić information content (AvgIpc) is 3.12. The van der Waals surface area contributed by atoms with Crippen molar-refractivity contribution in [1.29, 1.82) is 0 Å². The Balaban J connectivity index is 1.77. The summed E-state index contributed by atoms with van der Waals surface area (Å²) in [5.74, 6) is 2.40. The summed E-state index contributed by atoms with van der Waals surface area (Å²) in [5, 5.41) is 4.09. The second-order valence-corrected chi connectivity index (χ2v) is 6.50. The molecule has 0 aromatic carbocycles. The van der Waals surface area contributed by atoms with Gasteiger partial charge >= 0.3 is 0 Å². The molecule has 0 radical (unpaired) electrons. The number of rotatable bonds is 4. The number of anilines is 1. The lowest BCUT2D eigenvalue weighted by Crippen LogP contribution is -2.33. The van der Waals surface area contributed by atoms with Gasteiger partial charge in [-0.15, -0.1) is 0 Å². The number of hydrogen-bond acceptors (Lipinski definition) is 3. The zero-order chi connectivity index (χ0) is 12.8. The summed E-state index contributed by atoms with van der Waals surface area (Å²) in [7, 11) is 0. The molecule has 4 heteroatoms. The molecular weight excluding hydrogens is 246 g/mol. The fourth-order valence-corrected chi connectivity index (χ4v) is 2.63. The number of hydrogen-bond donors (Lipinski definition) is 1. The van der Waals surface area contributed by atoms with Crippen LogP contribution in [0.1, 0.15) is 56.3 Å². The Bertz CT molecular complexity index is 464. The van der Waals surface area contributed by atoms with Crippen LogP contribution in [0.4, 0.5) is 5.82 Å².